The number of fused-ring (bicyclic) bond motifs is 1. The first-order valence-corrected chi connectivity index (χ1v) is 9.05. The van der Waals surface area contributed by atoms with Gasteiger partial charge in [0.2, 0.25) is 5.91 Å². The molecule has 0 aromatic heterocycles. The Balaban J connectivity index is 1.89. The van der Waals surface area contributed by atoms with E-state index in [2.05, 4.69) is 0 Å². The van der Waals surface area contributed by atoms with Crippen molar-refractivity contribution >= 4 is 23.4 Å². The molecule has 9 nitrogen and oxygen atoms in total. The Morgan fingerprint density at radius 1 is 1.21 bits per heavy atom. The molecule has 152 valence electrons. The first-order chi connectivity index (χ1) is 13.9. The number of hydrogen-bond donors (Lipinski definition) is 0. The summed E-state index contributed by atoms with van der Waals surface area (Å²) in [4.78, 5) is 38.8. The fourth-order valence-corrected chi connectivity index (χ4v) is 3.21. The van der Waals surface area contributed by atoms with Crippen molar-refractivity contribution in [2.75, 3.05) is 25.1 Å². The van der Waals surface area contributed by atoms with Crippen molar-refractivity contribution < 1.29 is 24.0 Å². The fraction of sp³-hybridized carbons (Fsp3) is 0.300. The molecule has 9 heteroatoms. The molecule has 0 saturated carbocycles. The molecule has 0 saturated heterocycles. The second-order valence-corrected chi connectivity index (χ2v) is 6.44. The average molecular weight is 399 g/mol. The maximum absolute atomic E-state index is 12.7. The summed E-state index contributed by atoms with van der Waals surface area (Å²) in [5.41, 5.74) is 1.55. The summed E-state index contributed by atoms with van der Waals surface area (Å²) < 4.78 is 10.5. The van der Waals surface area contributed by atoms with Crippen LogP contribution in [0.15, 0.2) is 42.5 Å². The highest BCUT2D eigenvalue weighted by atomic mass is 16.6. The smallest absolute Gasteiger partial charge is 0.410 e. The third kappa shape index (κ3) is 4.29. The number of rotatable bonds is 5. The van der Waals surface area contributed by atoms with Crippen molar-refractivity contribution in [1.29, 1.82) is 0 Å². The molecule has 0 radical (unpaired) electrons. The van der Waals surface area contributed by atoms with E-state index in [0.29, 0.717) is 17.8 Å². The number of nitro groups is 1. The van der Waals surface area contributed by atoms with Gasteiger partial charge in [-0.1, -0.05) is 30.3 Å². The van der Waals surface area contributed by atoms with Gasteiger partial charge in [-0.2, -0.15) is 0 Å². The molecule has 0 N–H and O–H groups in total. The first-order valence-electron chi connectivity index (χ1n) is 9.05. The lowest BCUT2D eigenvalue weighted by Gasteiger charge is -2.21. The van der Waals surface area contributed by atoms with E-state index in [1.807, 2.05) is 30.3 Å². The van der Waals surface area contributed by atoms with Gasteiger partial charge in [0.05, 0.1) is 24.3 Å². The Hall–Kier alpha value is -3.62. The van der Waals surface area contributed by atoms with Crippen LogP contribution in [0.2, 0.25) is 0 Å². The summed E-state index contributed by atoms with van der Waals surface area (Å²) in [5.74, 6) is -0.279. The van der Waals surface area contributed by atoms with Crippen molar-refractivity contribution in [1.82, 2.24) is 4.90 Å². The molecule has 0 aliphatic carbocycles. The van der Waals surface area contributed by atoms with Crippen molar-refractivity contribution in [3.63, 3.8) is 0 Å². The van der Waals surface area contributed by atoms with Gasteiger partial charge >= 0.3 is 11.8 Å². The van der Waals surface area contributed by atoms with E-state index < -0.39 is 11.0 Å². The summed E-state index contributed by atoms with van der Waals surface area (Å²) in [6.45, 7) is 2.04. The number of carbonyl (C=O) groups is 2. The van der Waals surface area contributed by atoms with Gasteiger partial charge in [0.25, 0.3) is 0 Å². The lowest BCUT2D eigenvalue weighted by molar-refractivity contribution is -0.385. The predicted molar refractivity (Wildman–Crippen MR) is 105 cm³/mol. The summed E-state index contributed by atoms with van der Waals surface area (Å²) in [7, 11) is 1.33. The predicted octanol–water partition coefficient (Wildman–Crippen LogP) is 3.11. The molecule has 1 heterocycles. The Kier molecular flexibility index (Phi) is 5.96. The Morgan fingerprint density at radius 3 is 2.55 bits per heavy atom. The van der Waals surface area contributed by atoms with Gasteiger partial charge in [-0.3, -0.25) is 19.8 Å². The van der Waals surface area contributed by atoms with Crippen LogP contribution in [0.1, 0.15) is 18.1 Å². The molecule has 29 heavy (non-hydrogen) atoms. The molecule has 2 amide bonds. The molecular formula is C20H21N3O6. The molecule has 1 aliphatic rings. The molecule has 1 aliphatic heterocycles. The van der Waals surface area contributed by atoms with Gasteiger partial charge in [0.15, 0.2) is 5.75 Å². The van der Waals surface area contributed by atoms with E-state index >= 15 is 0 Å². The zero-order valence-electron chi connectivity index (χ0n) is 16.2. The van der Waals surface area contributed by atoms with Crippen LogP contribution < -0.4 is 9.64 Å². The number of benzene rings is 2. The summed E-state index contributed by atoms with van der Waals surface area (Å²) in [5, 5.41) is 11.4. The van der Waals surface area contributed by atoms with E-state index in [-0.39, 0.29) is 37.0 Å². The number of nitrogens with zero attached hydrogens (tertiary/aromatic N) is 3. The number of nitro benzene ring substituents is 1. The van der Waals surface area contributed by atoms with E-state index in [9.17, 15) is 19.7 Å². The molecule has 0 atom stereocenters. The second kappa shape index (κ2) is 8.59. The minimum atomic E-state index is -0.636. The Bertz CT molecular complexity index is 931. The monoisotopic (exact) mass is 399 g/mol. The Morgan fingerprint density at radius 2 is 1.93 bits per heavy atom. The van der Waals surface area contributed by atoms with Gasteiger partial charge in [0, 0.05) is 12.6 Å². The molecule has 0 spiro atoms. The number of carbonyl (C=O) groups excluding carboxylic acids is 2. The van der Waals surface area contributed by atoms with E-state index in [1.54, 1.807) is 6.92 Å². The van der Waals surface area contributed by atoms with E-state index in [4.69, 9.17) is 9.47 Å². The zero-order valence-corrected chi connectivity index (χ0v) is 16.2. The molecular weight excluding hydrogens is 378 g/mol. The largest absolute Gasteiger partial charge is 0.490 e. The van der Waals surface area contributed by atoms with Gasteiger partial charge < -0.3 is 14.4 Å². The third-order valence-corrected chi connectivity index (χ3v) is 4.64. The van der Waals surface area contributed by atoms with Gasteiger partial charge in [-0.15, -0.1) is 0 Å². The fourth-order valence-electron chi connectivity index (χ4n) is 3.21. The SMILES string of the molecule is CCN1C(=O)CN(C(=O)OCc2ccccc2)Cc2cc(OC)c([N+](=O)[O-])cc21. The number of amides is 2. The number of anilines is 1. The van der Waals surface area contributed by atoms with Gasteiger partial charge in [-0.05, 0) is 24.1 Å². The molecule has 0 fully saturated rings. The number of hydrogen-bond acceptors (Lipinski definition) is 6. The van der Waals surface area contributed by atoms with Crippen LogP contribution in [0.25, 0.3) is 0 Å². The molecule has 2 aromatic carbocycles. The van der Waals surface area contributed by atoms with Crippen LogP contribution >= 0.6 is 0 Å². The zero-order chi connectivity index (χ0) is 21.0. The molecule has 0 bridgehead atoms. The standard InChI is InChI=1S/C20H21N3O6/c1-3-22-16-10-17(23(26)27)18(28-2)9-15(16)11-21(12-19(22)24)20(25)29-13-14-7-5-4-6-8-14/h4-10H,3,11-13H2,1-2H3. The highest BCUT2D eigenvalue weighted by Gasteiger charge is 2.32. The van der Waals surface area contributed by atoms with Gasteiger partial charge in [-0.25, -0.2) is 4.79 Å². The topological polar surface area (TPSA) is 102 Å². The minimum Gasteiger partial charge on any atom is -0.490 e. The summed E-state index contributed by atoms with van der Waals surface area (Å²) >= 11 is 0. The number of methoxy groups -OCH3 is 1. The highest BCUT2D eigenvalue weighted by molar-refractivity contribution is 5.98. The second-order valence-electron chi connectivity index (χ2n) is 6.44. The Labute approximate surface area is 167 Å². The minimum absolute atomic E-state index is 0.0664. The van der Waals surface area contributed by atoms with E-state index in [1.165, 1.54) is 29.0 Å². The van der Waals surface area contributed by atoms with Crippen molar-refractivity contribution in [2.45, 2.75) is 20.1 Å². The molecule has 0 unspecified atom stereocenters. The van der Waals surface area contributed by atoms with Crippen LogP contribution in [-0.2, 0) is 22.7 Å². The number of likely N-dealkylation sites (N-methyl/N-ethyl adjacent to an activating group) is 1. The maximum atomic E-state index is 12.7. The number of ether oxygens (including phenoxy) is 2. The van der Waals surface area contributed by atoms with Gasteiger partial charge in [0.1, 0.15) is 13.2 Å². The molecule has 3 rings (SSSR count). The van der Waals surface area contributed by atoms with E-state index in [0.717, 1.165) is 5.56 Å². The van der Waals surface area contributed by atoms with Crippen molar-refractivity contribution in [3.8, 4) is 5.75 Å². The quantitative estimate of drug-likeness (QED) is 0.565. The summed E-state index contributed by atoms with van der Waals surface area (Å²) in [6, 6.07) is 12.0. The first kappa shape index (κ1) is 20.1. The molecule has 2 aromatic rings. The maximum Gasteiger partial charge on any atom is 0.410 e. The van der Waals surface area contributed by atoms with Crippen molar-refractivity contribution in [2.24, 2.45) is 0 Å². The normalized spacial score (nSPS) is 13.5. The van der Waals surface area contributed by atoms with Crippen LogP contribution in [0.3, 0.4) is 0 Å². The van der Waals surface area contributed by atoms with Crippen LogP contribution in [0.4, 0.5) is 16.2 Å². The van der Waals surface area contributed by atoms with Crippen molar-refractivity contribution in [3.05, 3.63) is 63.7 Å². The third-order valence-electron chi connectivity index (χ3n) is 4.64. The van der Waals surface area contributed by atoms with Crippen LogP contribution in [0.5, 0.6) is 5.75 Å². The highest BCUT2D eigenvalue weighted by Crippen LogP contribution is 2.37. The average Bonchev–Trinajstić information content (AvgIpc) is 2.86. The summed E-state index contributed by atoms with van der Waals surface area (Å²) in [6.07, 6.45) is -0.636. The lowest BCUT2D eigenvalue weighted by Crippen LogP contribution is -2.40. The lowest BCUT2D eigenvalue weighted by atomic mass is 10.1. The van der Waals surface area contributed by atoms with Crippen LogP contribution in [-0.4, -0.2) is 42.0 Å². The van der Waals surface area contributed by atoms with Crippen LogP contribution in [0, 0.1) is 10.1 Å².